The highest BCUT2D eigenvalue weighted by molar-refractivity contribution is 6.30. The molecule has 9 heteroatoms. The van der Waals surface area contributed by atoms with E-state index in [0.29, 0.717) is 41.9 Å². The van der Waals surface area contributed by atoms with Gasteiger partial charge in [-0.05, 0) is 42.8 Å². The third-order valence-corrected chi connectivity index (χ3v) is 6.07. The van der Waals surface area contributed by atoms with E-state index in [2.05, 4.69) is 20.2 Å². The van der Waals surface area contributed by atoms with Crippen LogP contribution >= 0.6 is 11.6 Å². The Morgan fingerprint density at radius 1 is 1.09 bits per heavy atom. The van der Waals surface area contributed by atoms with Crippen molar-refractivity contribution in [1.29, 1.82) is 0 Å². The Balaban J connectivity index is 1.19. The summed E-state index contributed by atoms with van der Waals surface area (Å²) in [7, 11) is 0. The van der Waals surface area contributed by atoms with Gasteiger partial charge in [0, 0.05) is 49.6 Å². The fraction of sp³-hybridized carbons (Fsp3) is 0.292. The third-order valence-electron chi connectivity index (χ3n) is 5.84. The average Bonchev–Trinajstić information content (AvgIpc) is 3.30. The second-order valence-corrected chi connectivity index (χ2v) is 8.43. The monoisotopic (exact) mass is 465 g/mol. The average molecular weight is 466 g/mol. The highest BCUT2D eigenvalue weighted by atomic mass is 35.5. The number of benzene rings is 2. The quantitative estimate of drug-likeness (QED) is 0.614. The minimum absolute atomic E-state index is 0.0411. The minimum Gasteiger partial charge on any atom is -0.454 e. The number of carbonyl (C=O) groups is 1. The lowest BCUT2D eigenvalue weighted by Crippen LogP contribution is -2.49. The van der Waals surface area contributed by atoms with E-state index in [1.54, 1.807) is 6.20 Å². The molecule has 8 nitrogen and oxygen atoms in total. The molecule has 1 fully saturated rings. The molecule has 3 heterocycles. The van der Waals surface area contributed by atoms with Crippen LogP contribution in [0.5, 0.6) is 11.5 Å². The SMILES string of the molecule is Cc1nc(NCc2ccc3c(c2)OCO3)ncc1C(=O)N1CCN(c2cccc(Cl)c2)CC1. The van der Waals surface area contributed by atoms with Crippen LogP contribution < -0.4 is 19.7 Å². The van der Waals surface area contributed by atoms with Crippen LogP contribution in [-0.4, -0.2) is 53.7 Å². The maximum absolute atomic E-state index is 13.1. The Hall–Kier alpha value is -3.52. The van der Waals surface area contributed by atoms with Gasteiger partial charge in [-0.1, -0.05) is 23.7 Å². The maximum atomic E-state index is 13.1. The molecule has 1 aromatic heterocycles. The number of hydrogen-bond acceptors (Lipinski definition) is 7. The van der Waals surface area contributed by atoms with Crippen molar-refractivity contribution in [3.8, 4) is 11.5 Å². The van der Waals surface area contributed by atoms with Crippen molar-refractivity contribution in [2.45, 2.75) is 13.5 Å². The number of aromatic nitrogens is 2. The van der Waals surface area contributed by atoms with Crippen LogP contribution in [0.3, 0.4) is 0 Å². The molecule has 1 N–H and O–H groups in total. The number of fused-ring (bicyclic) bond motifs is 1. The number of piperazine rings is 1. The molecule has 0 unspecified atom stereocenters. The number of hydrogen-bond donors (Lipinski definition) is 1. The summed E-state index contributed by atoms with van der Waals surface area (Å²) in [6.07, 6.45) is 1.61. The fourth-order valence-corrected chi connectivity index (χ4v) is 4.19. The molecule has 1 amide bonds. The van der Waals surface area contributed by atoms with Crippen molar-refractivity contribution in [2.24, 2.45) is 0 Å². The Kier molecular flexibility index (Phi) is 5.92. The highest BCUT2D eigenvalue weighted by Gasteiger charge is 2.24. The van der Waals surface area contributed by atoms with E-state index in [1.165, 1.54) is 0 Å². The number of ether oxygens (including phenoxy) is 2. The molecular weight excluding hydrogens is 442 g/mol. The summed E-state index contributed by atoms with van der Waals surface area (Å²) in [4.78, 5) is 26.0. The first-order valence-electron chi connectivity index (χ1n) is 10.8. The second kappa shape index (κ2) is 9.15. The summed E-state index contributed by atoms with van der Waals surface area (Å²) in [5.41, 5.74) is 3.28. The number of nitrogens with one attached hydrogen (secondary N) is 1. The van der Waals surface area contributed by atoms with E-state index in [-0.39, 0.29) is 12.7 Å². The predicted molar refractivity (Wildman–Crippen MR) is 126 cm³/mol. The van der Waals surface area contributed by atoms with Gasteiger partial charge < -0.3 is 24.6 Å². The highest BCUT2D eigenvalue weighted by Crippen LogP contribution is 2.32. The predicted octanol–water partition coefficient (Wildman–Crippen LogP) is 3.74. The Morgan fingerprint density at radius 3 is 2.70 bits per heavy atom. The van der Waals surface area contributed by atoms with Gasteiger partial charge in [-0.25, -0.2) is 9.97 Å². The summed E-state index contributed by atoms with van der Waals surface area (Å²) >= 11 is 6.11. The molecule has 0 bridgehead atoms. The van der Waals surface area contributed by atoms with Crippen LogP contribution in [0.1, 0.15) is 21.6 Å². The fourth-order valence-electron chi connectivity index (χ4n) is 4.01. The van der Waals surface area contributed by atoms with Crippen LogP contribution in [0, 0.1) is 6.92 Å². The van der Waals surface area contributed by atoms with Gasteiger partial charge in [0.2, 0.25) is 12.7 Å². The lowest BCUT2D eigenvalue weighted by atomic mass is 10.2. The van der Waals surface area contributed by atoms with Crippen molar-refractivity contribution in [3.63, 3.8) is 0 Å². The van der Waals surface area contributed by atoms with Gasteiger partial charge in [-0.3, -0.25) is 4.79 Å². The van der Waals surface area contributed by atoms with E-state index in [1.807, 2.05) is 54.3 Å². The largest absolute Gasteiger partial charge is 0.454 e. The molecule has 0 aliphatic carbocycles. The molecule has 5 rings (SSSR count). The van der Waals surface area contributed by atoms with Crippen LogP contribution in [0.15, 0.2) is 48.7 Å². The minimum atomic E-state index is -0.0411. The second-order valence-electron chi connectivity index (χ2n) is 7.99. The van der Waals surface area contributed by atoms with Crippen LogP contribution in [0.4, 0.5) is 11.6 Å². The normalized spacial score (nSPS) is 15.0. The van der Waals surface area contributed by atoms with Crippen LogP contribution in [0.2, 0.25) is 5.02 Å². The van der Waals surface area contributed by atoms with E-state index >= 15 is 0 Å². The van der Waals surface area contributed by atoms with Gasteiger partial charge in [0.1, 0.15) is 0 Å². The summed E-state index contributed by atoms with van der Waals surface area (Å²) < 4.78 is 10.8. The molecule has 2 aliphatic rings. The van der Waals surface area contributed by atoms with E-state index in [0.717, 1.165) is 35.8 Å². The van der Waals surface area contributed by atoms with Gasteiger partial charge in [0.25, 0.3) is 5.91 Å². The molecule has 170 valence electrons. The number of anilines is 2. The lowest BCUT2D eigenvalue weighted by Gasteiger charge is -2.36. The number of carbonyl (C=O) groups excluding carboxylic acids is 1. The van der Waals surface area contributed by atoms with E-state index in [4.69, 9.17) is 21.1 Å². The number of nitrogens with zero attached hydrogens (tertiary/aromatic N) is 4. The van der Waals surface area contributed by atoms with Gasteiger partial charge >= 0.3 is 0 Å². The van der Waals surface area contributed by atoms with Crippen LogP contribution in [-0.2, 0) is 6.54 Å². The summed E-state index contributed by atoms with van der Waals surface area (Å²) in [6.45, 7) is 5.39. The lowest BCUT2D eigenvalue weighted by molar-refractivity contribution is 0.0745. The summed E-state index contributed by atoms with van der Waals surface area (Å²) in [5, 5.41) is 3.92. The van der Waals surface area contributed by atoms with E-state index in [9.17, 15) is 4.79 Å². The molecular formula is C24H24ClN5O3. The molecule has 0 atom stereocenters. The number of rotatable bonds is 5. The molecule has 0 radical (unpaired) electrons. The third kappa shape index (κ3) is 4.66. The first kappa shape index (κ1) is 21.3. The number of halogens is 1. The molecule has 0 saturated carbocycles. The molecule has 2 aromatic carbocycles. The number of amides is 1. The van der Waals surface area contributed by atoms with Gasteiger partial charge in [-0.2, -0.15) is 0 Å². The van der Waals surface area contributed by atoms with Crippen molar-refractivity contribution in [3.05, 3.63) is 70.5 Å². The maximum Gasteiger partial charge on any atom is 0.257 e. The van der Waals surface area contributed by atoms with Crippen molar-refractivity contribution < 1.29 is 14.3 Å². The topological polar surface area (TPSA) is 79.8 Å². The summed E-state index contributed by atoms with van der Waals surface area (Å²) in [5.74, 6) is 1.93. The molecule has 3 aromatic rings. The van der Waals surface area contributed by atoms with Gasteiger partial charge in [-0.15, -0.1) is 0 Å². The first-order chi connectivity index (χ1) is 16.1. The number of aryl methyl sites for hydroxylation is 1. The van der Waals surface area contributed by atoms with E-state index < -0.39 is 0 Å². The first-order valence-corrected chi connectivity index (χ1v) is 11.2. The van der Waals surface area contributed by atoms with Crippen molar-refractivity contribution in [2.75, 3.05) is 43.2 Å². The zero-order chi connectivity index (χ0) is 22.8. The van der Waals surface area contributed by atoms with Crippen LogP contribution in [0.25, 0.3) is 0 Å². The molecule has 1 saturated heterocycles. The molecule has 33 heavy (non-hydrogen) atoms. The molecule has 2 aliphatic heterocycles. The molecule has 0 spiro atoms. The summed E-state index contributed by atoms with van der Waals surface area (Å²) in [6, 6.07) is 13.6. The van der Waals surface area contributed by atoms with Crippen molar-refractivity contribution >= 4 is 29.1 Å². The Bertz CT molecular complexity index is 1180. The Labute approximate surface area is 197 Å². The van der Waals surface area contributed by atoms with Gasteiger partial charge in [0.05, 0.1) is 11.3 Å². The zero-order valence-electron chi connectivity index (χ0n) is 18.3. The van der Waals surface area contributed by atoms with Gasteiger partial charge in [0.15, 0.2) is 11.5 Å². The smallest absolute Gasteiger partial charge is 0.257 e. The Morgan fingerprint density at radius 2 is 1.91 bits per heavy atom. The zero-order valence-corrected chi connectivity index (χ0v) is 19.0. The standard InChI is InChI=1S/C24H24ClN5O3/c1-16-20(23(31)30-9-7-29(8-10-30)19-4-2-3-18(25)12-19)14-27-24(28-16)26-13-17-5-6-21-22(11-17)33-15-32-21/h2-6,11-12,14H,7-10,13,15H2,1H3,(H,26,27,28). The van der Waals surface area contributed by atoms with Crippen molar-refractivity contribution in [1.82, 2.24) is 14.9 Å².